The minimum absolute atomic E-state index is 0.0268. The van der Waals surface area contributed by atoms with Gasteiger partial charge in [-0.15, -0.1) is 0 Å². The van der Waals surface area contributed by atoms with Gasteiger partial charge in [0.05, 0.1) is 10.8 Å². The SMILES string of the molecule is CC(C)CC(C(=O)NCCCCNS(=O)(=O)c1ccc(F)cc1)C(C)NC(=O)C1OC1C(=O)O. The smallest absolute Gasteiger partial charge is 0.336 e. The van der Waals surface area contributed by atoms with Crippen molar-refractivity contribution in [2.24, 2.45) is 11.8 Å². The number of hydrogen-bond donors (Lipinski definition) is 4. The van der Waals surface area contributed by atoms with Crippen molar-refractivity contribution >= 4 is 27.8 Å². The zero-order valence-corrected chi connectivity index (χ0v) is 20.2. The molecular weight excluding hydrogens is 469 g/mol. The highest BCUT2D eigenvalue weighted by Crippen LogP contribution is 2.23. The van der Waals surface area contributed by atoms with Crippen molar-refractivity contribution < 1.29 is 37.0 Å². The highest BCUT2D eigenvalue weighted by atomic mass is 32.2. The van der Waals surface area contributed by atoms with Crippen molar-refractivity contribution in [3.8, 4) is 0 Å². The Bertz CT molecular complexity index is 969. The zero-order chi connectivity index (χ0) is 25.5. The van der Waals surface area contributed by atoms with E-state index in [1.807, 2.05) is 13.8 Å². The molecule has 0 bridgehead atoms. The molecule has 1 aromatic carbocycles. The third-order valence-electron chi connectivity index (χ3n) is 5.35. The lowest BCUT2D eigenvalue weighted by atomic mass is 9.90. The van der Waals surface area contributed by atoms with Crippen LogP contribution in [0.3, 0.4) is 0 Å². The third-order valence-corrected chi connectivity index (χ3v) is 6.82. The summed E-state index contributed by atoms with van der Waals surface area (Å²) < 4.78 is 44.6. The maximum Gasteiger partial charge on any atom is 0.336 e. The number of amides is 2. The Morgan fingerprint density at radius 1 is 1.06 bits per heavy atom. The molecule has 0 aromatic heterocycles. The number of carboxylic acids is 1. The number of nitrogens with one attached hydrogen (secondary N) is 3. The number of benzene rings is 1. The van der Waals surface area contributed by atoms with Gasteiger partial charge < -0.3 is 20.5 Å². The van der Waals surface area contributed by atoms with Gasteiger partial charge in [-0.3, -0.25) is 9.59 Å². The second-order valence-electron chi connectivity index (χ2n) is 8.70. The van der Waals surface area contributed by atoms with Crippen LogP contribution >= 0.6 is 0 Å². The van der Waals surface area contributed by atoms with Crippen molar-refractivity contribution in [1.29, 1.82) is 0 Å². The van der Waals surface area contributed by atoms with Gasteiger partial charge in [-0.2, -0.15) is 0 Å². The topological polar surface area (TPSA) is 154 Å². The molecule has 190 valence electrons. The lowest BCUT2D eigenvalue weighted by Gasteiger charge is -2.25. The zero-order valence-electron chi connectivity index (χ0n) is 19.4. The molecule has 1 heterocycles. The number of unbranched alkanes of at least 4 members (excludes halogenated alkanes) is 1. The Labute approximate surface area is 198 Å². The van der Waals surface area contributed by atoms with Crippen molar-refractivity contribution in [2.75, 3.05) is 13.1 Å². The van der Waals surface area contributed by atoms with Gasteiger partial charge in [-0.25, -0.2) is 22.3 Å². The van der Waals surface area contributed by atoms with E-state index in [9.17, 15) is 27.2 Å². The predicted octanol–water partition coefficient (Wildman–Crippen LogP) is 1.02. The largest absolute Gasteiger partial charge is 0.479 e. The number of aliphatic carboxylic acids is 1. The Morgan fingerprint density at radius 2 is 1.68 bits per heavy atom. The van der Waals surface area contributed by atoms with E-state index in [1.165, 1.54) is 12.1 Å². The highest BCUT2D eigenvalue weighted by molar-refractivity contribution is 7.89. The monoisotopic (exact) mass is 501 g/mol. The Morgan fingerprint density at radius 3 is 2.24 bits per heavy atom. The van der Waals surface area contributed by atoms with Crippen molar-refractivity contribution in [3.05, 3.63) is 30.1 Å². The molecule has 1 fully saturated rings. The fourth-order valence-corrected chi connectivity index (χ4v) is 4.52. The molecule has 34 heavy (non-hydrogen) atoms. The number of carboxylic acid groups (broad SMARTS) is 1. The van der Waals surface area contributed by atoms with E-state index in [-0.39, 0.29) is 23.3 Å². The molecule has 10 nitrogen and oxygen atoms in total. The average molecular weight is 502 g/mol. The van der Waals surface area contributed by atoms with Crippen LogP contribution in [0.25, 0.3) is 0 Å². The molecule has 2 rings (SSSR count). The lowest BCUT2D eigenvalue weighted by molar-refractivity contribution is -0.138. The Kier molecular flexibility index (Phi) is 9.95. The standard InChI is InChI=1S/C22H32FN3O7S/c1-13(2)12-17(14(3)26-21(28)18-19(33-18)22(29)30)20(27)24-10-4-5-11-25-34(31,32)16-8-6-15(23)7-9-16/h6-9,13-14,17-19,25H,4-5,10-12H2,1-3H3,(H,24,27)(H,26,28)(H,29,30). The Balaban J connectivity index is 1.76. The predicted molar refractivity (Wildman–Crippen MR) is 121 cm³/mol. The quantitative estimate of drug-likeness (QED) is 0.219. The molecular formula is C22H32FN3O7S. The van der Waals surface area contributed by atoms with Crippen LogP contribution < -0.4 is 15.4 Å². The molecule has 0 radical (unpaired) electrons. The number of rotatable bonds is 14. The second kappa shape index (κ2) is 12.2. The first-order chi connectivity index (χ1) is 15.9. The van der Waals surface area contributed by atoms with Crippen LogP contribution in [0.4, 0.5) is 4.39 Å². The van der Waals surface area contributed by atoms with Crippen LogP contribution in [0, 0.1) is 17.7 Å². The summed E-state index contributed by atoms with van der Waals surface area (Å²) in [5.74, 6) is -2.88. The molecule has 1 aromatic rings. The number of halogens is 1. The summed E-state index contributed by atoms with van der Waals surface area (Å²) in [5.41, 5.74) is 0. The molecule has 1 aliphatic rings. The molecule has 0 aliphatic carbocycles. The van der Waals surface area contributed by atoms with Gasteiger partial charge in [-0.1, -0.05) is 13.8 Å². The first-order valence-corrected chi connectivity index (χ1v) is 12.6. The number of carbonyl (C=O) groups excluding carboxylic acids is 2. The number of epoxide rings is 1. The van der Waals surface area contributed by atoms with Gasteiger partial charge in [0.15, 0.2) is 12.2 Å². The highest BCUT2D eigenvalue weighted by Gasteiger charge is 2.51. The summed E-state index contributed by atoms with van der Waals surface area (Å²) in [5, 5.41) is 14.4. The van der Waals surface area contributed by atoms with Crippen molar-refractivity contribution in [1.82, 2.24) is 15.4 Å². The second-order valence-corrected chi connectivity index (χ2v) is 10.5. The van der Waals surface area contributed by atoms with E-state index in [4.69, 9.17) is 9.84 Å². The maximum absolute atomic E-state index is 13.0. The third kappa shape index (κ3) is 8.33. The van der Waals surface area contributed by atoms with E-state index < -0.39 is 51.9 Å². The number of carbonyl (C=O) groups is 3. The fraction of sp³-hybridized carbons (Fsp3) is 0.591. The minimum atomic E-state index is -3.73. The summed E-state index contributed by atoms with van der Waals surface area (Å²) in [6.45, 7) is 6.06. The summed E-state index contributed by atoms with van der Waals surface area (Å²) in [7, 11) is -3.73. The number of hydrogen-bond acceptors (Lipinski definition) is 6. The van der Waals surface area contributed by atoms with Gasteiger partial charge >= 0.3 is 5.97 Å². The van der Waals surface area contributed by atoms with Gasteiger partial charge in [-0.05, 0) is 56.4 Å². The maximum atomic E-state index is 13.0. The van der Waals surface area contributed by atoms with Gasteiger partial charge in [0, 0.05) is 19.1 Å². The summed E-state index contributed by atoms with van der Waals surface area (Å²) >= 11 is 0. The van der Waals surface area contributed by atoms with Crippen LogP contribution in [0.2, 0.25) is 0 Å². The number of sulfonamides is 1. The molecule has 0 saturated carbocycles. The molecule has 0 spiro atoms. The van der Waals surface area contributed by atoms with Crippen LogP contribution in [0.15, 0.2) is 29.2 Å². The van der Waals surface area contributed by atoms with Crippen LogP contribution in [0.5, 0.6) is 0 Å². The van der Waals surface area contributed by atoms with E-state index in [0.29, 0.717) is 25.8 Å². The van der Waals surface area contributed by atoms with Gasteiger partial charge in [0.2, 0.25) is 15.9 Å². The van der Waals surface area contributed by atoms with Gasteiger partial charge in [0.25, 0.3) is 5.91 Å². The van der Waals surface area contributed by atoms with Crippen LogP contribution in [-0.4, -0.2) is 62.6 Å². The lowest BCUT2D eigenvalue weighted by Crippen LogP contribution is -2.47. The normalized spacial score (nSPS) is 19.3. The Hall–Kier alpha value is -2.57. The molecule has 4 N–H and O–H groups in total. The molecule has 12 heteroatoms. The molecule has 4 unspecified atom stereocenters. The van der Waals surface area contributed by atoms with Crippen LogP contribution in [-0.2, 0) is 29.1 Å². The average Bonchev–Trinajstić information content (AvgIpc) is 3.56. The molecule has 1 aliphatic heterocycles. The molecule has 4 atom stereocenters. The summed E-state index contributed by atoms with van der Waals surface area (Å²) in [6.07, 6.45) is -0.689. The van der Waals surface area contributed by atoms with E-state index in [1.54, 1.807) is 6.92 Å². The van der Waals surface area contributed by atoms with E-state index in [0.717, 1.165) is 12.1 Å². The number of ether oxygens (including phenoxy) is 1. The minimum Gasteiger partial charge on any atom is -0.479 e. The fourth-order valence-electron chi connectivity index (χ4n) is 3.45. The van der Waals surface area contributed by atoms with E-state index in [2.05, 4.69) is 15.4 Å². The summed E-state index contributed by atoms with van der Waals surface area (Å²) in [6, 6.07) is 3.98. The van der Waals surface area contributed by atoms with Crippen LogP contribution in [0.1, 0.15) is 40.0 Å². The summed E-state index contributed by atoms with van der Waals surface area (Å²) in [4.78, 5) is 35.7. The first kappa shape index (κ1) is 27.7. The molecule has 2 amide bonds. The molecule has 1 saturated heterocycles. The first-order valence-electron chi connectivity index (χ1n) is 11.1. The van der Waals surface area contributed by atoms with E-state index >= 15 is 0 Å². The van der Waals surface area contributed by atoms with Gasteiger partial charge in [0.1, 0.15) is 5.82 Å². The van der Waals surface area contributed by atoms with Crippen molar-refractivity contribution in [3.63, 3.8) is 0 Å². The van der Waals surface area contributed by atoms with Crippen molar-refractivity contribution in [2.45, 2.75) is 63.2 Å².